The number of aliphatic carboxylic acids is 1. The minimum atomic E-state index is -0.954. The van der Waals surface area contributed by atoms with Crippen LogP contribution in [0.15, 0.2) is 0 Å². The van der Waals surface area contributed by atoms with Gasteiger partial charge in [0.15, 0.2) is 0 Å². The van der Waals surface area contributed by atoms with E-state index in [0.717, 1.165) is 6.42 Å². The van der Waals surface area contributed by atoms with Crippen molar-refractivity contribution in [3.63, 3.8) is 0 Å². The predicted molar refractivity (Wildman–Crippen MR) is 68.9 cm³/mol. The number of urea groups is 1. The Labute approximate surface area is 109 Å². The third kappa shape index (κ3) is 4.29. The molecule has 1 heterocycles. The largest absolute Gasteiger partial charge is 0.480 e. The molecule has 1 saturated heterocycles. The Morgan fingerprint density at radius 3 is 2.78 bits per heavy atom. The number of nitrogens with zero attached hydrogens (tertiary/aromatic N) is 1. The molecule has 0 aromatic carbocycles. The molecule has 104 valence electrons. The van der Waals surface area contributed by atoms with Crippen molar-refractivity contribution < 1.29 is 18.9 Å². The summed E-state index contributed by atoms with van der Waals surface area (Å²) in [6.45, 7) is 2.31. The molecule has 1 fully saturated rings. The topological polar surface area (TPSA) is 86.7 Å². The lowest BCUT2D eigenvalue weighted by Crippen LogP contribution is -2.48. The van der Waals surface area contributed by atoms with Crippen LogP contribution in [0.4, 0.5) is 4.79 Å². The third-order valence-corrected chi connectivity index (χ3v) is 3.82. The van der Waals surface area contributed by atoms with Crippen LogP contribution < -0.4 is 5.32 Å². The second kappa shape index (κ2) is 6.72. The quantitative estimate of drug-likeness (QED) is 0.761. The first-order chi connectivity index (χ1) is 8.41. The van der Waals surface area contributed by atoms with Gasteiger partial charge in [-0.3, -0.25) is 4.21 Å². The van der Waals surface area contributed by atoms with Crippen LogP contribution in [-0.2, 0) is 15.6 Å². The molecular weight excluding hydrogens is 256 g/mol. The molecule has 0 aromatic heterocycles. The van der Waals surface area contributed by atoms with Gasteiger partial charge in [-0.2, -0.15) is 0 Å². The van der Waals surface area contributed by atoms with E-state index in [1.165, 1.54) is 4.90 Å². The van der Waals surface area contributed by atoms with Gasteiger partial charge >= 0.3 is 12.0 Å². The van der Waals surface area contributed by atoms with E-state index in [0.29, 0.717) is 25.1 Å². The van der Waals surface area contributed by atoms with E-state index >= 15 is 0 Å². The molecule has 2 unspecified atom stereocenters. The summed E-state index contributed by atoms with van der Waals surface area (Å²) in [4.78, 5) is 24.2. The molecule has 2 N–H and O–H groups in total. The summed E-state index contributed by atoms with van der Waals surface area (Å²) in [5, 5.41) is 11.7. The molecule has 0 aliphatic carbocycles. The molecule has 1 rings (SSSR count). The number of carbonyl (C=O) groups is 2. The summed E-state index contributed by atoms with van der Waals surface area (Å²) in [6.07, 6.45) is 3.48. The normalized spacial score (nSPS) is 22.6. The molecule has 3 atom stereocenters. The van der Waals surface area contributed by atoms with Crippen LogP contribution in [0.3, 0.4) is 0 Å². The highest BCUT2D eigenvalue weighted by atomic mass is 32.2. The van der Waals surface area contributed by atoms with Gasteiger partial charge in [-0.05, 0) is 26.2 Å². The first-order valence-corrected chi connectivity index (χ1v) is 7.74. The molecular formula is C11H20N2O4S. The maximum absolute atomic E-state index is 11.9. The Kier molecular flexibility index (Phi) is 5.58. The molecule has 0 saturated carbocycles. The van der Waals surface area contributed by atoms with E-state index < -0.39 is 22.8 Å². The number of amides is 2. The summed E-state index contributed by atoms with van der Waals surface area (Å²) < 4.78 is 10.9. The Bertz CT molecular complexity index is 348. The van der Waals surface area contributed by atoms with Gasteiger partial charge in [-0.15, -0.1) is 0 Å². The molecule has 0 aromatic rings. The number of nitrogens with one attached hydrogen (secondary N) is 1. The van der Waals surface area contributed by atoms with Crippen LogP contribution >= 0.6 is 0 Å². The fourth-order valence-electron chi connectivity index (χ4n) is 1.98. The fraction of sp³-hybridized carbons (Fsp3) is 0.818. The van der Waals surface area contributed by atoms with Crippen molar-refractivity contribution >= 4 is 22.8 Å². The van der Waals surface area contributed by atoms with Crippen LogP contribution in [0.25, 0.3) is 0 Å². The Hall–Kier alpha value is -1.11. The number of hydrogen-bond donors (Lipinski definition) is 2. The molecule has 2 amide bonds. The maximum atomic E-state index is 11.9. The number of hydrogen-bond acceptors (Lipinski definition) is 3. The van der Waals surface area contributed by atoms with E-state index in [4.69, 9.17) is 5.11 Å². The van der Waals surface area contributed by atoms with Gasteiger partial charge < -0.3 is 15.3 Å². The van der Waals surface area contributed by atoms with Crippen molar-refractivity contribution in [3.8, 4) is 0 Å². The molecule has 1 aliphatic heterocycles. The molecule has 1 aliphatic rings. The minimum Gasteiger partial charge on any atom is -0.480 e. The van der Waals surface area contributed by atoms with Gasteiger partial charge in [0.25, 0.3) is 0 Å². The van der Waals surface area contributed by atoms with Gasteiger partial charge in [0, 0.05) is 35.4 Å². The summed E-state index contributed by atoms with van der Waals surface area (Å²) in [7, 11) is -0.876. The molecule has 6 nitrogen and oxygen atoms in total. The molecule has 0 bridgehead atoms. The Morgan fingerprint density at radius 2 is 2.22 bits per heavy atom. The second-order valence-corrected chi connectivity index (χ2v) is 6.16. The summed E-state index contributed by atoms with van der Waals surface area (Å²) in [5.74, 6) is -0.422. The Balaban J connectivity index is 2.44. The van der Waals surface area contributed by atoms with Crippen molar-refractivity contribution in [3.05, 3.63) is 0 Å². The van der Waals surface area contributed by atoms with Crippen molar-refractivity contribution in [1.29, 1.82) is 0 Å². The van der Waals surface area contributed by atoms with Gasteiger partial charge in [-0.25, -0.2) is 9.59 Å². The number of likely N-dealkylation sites (tertiary alicyclic amines) is 1. The van der Waals surface area contributed by atoms with Crippen LogP contribution in [-0.4, -0.2) is 56.9 Å². The molecule has 0 spiro atoms. The van der Waals surface area contributed by atoms with Gasteiger partial charge in [0.1, 0.15) is 6.04 Å². The average molecular weight is 276 g/mol. The first kappa shape index (κ1) is 14.9. The lowest BCUT2D eigenvalue weighted by molar-refractivity contribution is -0.141. The zero-order valence-corrected chi connectivity index (χ0v) is 11.5. The van der Waals surface area contributed by atoms with E-state index in [-0.39, 0.29) is 12.1 Å². The van der Waals surface area contributed by atoms with Gasteiger partial charge in [0.05, 0.1) is 0 Å². The smallest absolute Gasteiger partial charge is 0.326 e. The second-order valence-electron chi connectivity index (χ2n) is 4.61. The van der Waals surface area contributed by atoms with Crippen LogP contribution in [0.2, 0.25) is 0 Å². The van der Waals surface area contributed by atoms with Crippen LogP contribution in [0.5, 0.6) is 0 Å². The summed E-state index contributed by atoms with van der Waals surface area (Å²) >= 11 is 0. The van der Waals surface area contributed by atoms with Crippen LogP contribution in [0.1, 0.15) is 26.2 Å². The minimum absolute atomic E-state index is 0.101. The van der Waals surface area contributed by atoms with Crippen molar-refractivity contribution in [1.82, 2.24) is 10.2 Å². The standard InChI is InChI=1S/C11H20N2O4S/c1-8(5-7-18(2)17)12-11(16)13-6-3-4-9(13)10(14)15/h8-9H,3-7H2,1-2H3,(H,12,16)(H,14,15)/t8?,9-,18?/m0/s1. The highest BCUT2D eigenvalue weighted by Gasteiger charge is 2.34. The number of carboxylic acids is 1. The lowest BCUT2D eigenvalue weighted by Gasteiger charge is -2.24. The van der Waals surface area contributed by atoms with E-state index in [2.05, 4.69) is 5.32 Å². The first-order valence-electron chi connectivity index (χ1n) is 6.01. The lowest BCUT2D eigenvalue weighted by atomic mass is 10.2. The van der Waals surface area contributed by atoms with Crippen molar-refractivity contribution in [2.24, 2.45) is 0 Å². The number of carbonyl (C=O) groups excluding carboxylic acids is 1. The van der Waals surface area contributed by atoms with Gasteiger partial charge in [-0.1, -0.05) is 0 Å². The van der Waals surface area contributed by atoms with E-state index in [9.17, 15) is 13.8 Å². The highest BCUT2D eigenvalue weighted by molar-refractivity contribution is 7.84. The number of rotatable bonds is 5. The molecule has 7 heteroatoms. The zero-order chi connectivity index (χ0) is 13.7. The van der Waals surface area contributed by atoms with Crippen molar-refractivity contribution in [2.45, 2.75) is 38.3 Å². The van der Waals surface area contributed by atoms with Crippen molar-refractivity contribution in [2.75, 3.05) is 18.6 Å². The fourth-order valence-corrected chi connectivity index (χ4v) is 2.66. The SMILES string of the molecule is CC(CCS(C)=O)NC(=O)N1CCC[C@H]1C(=O)O. The third-order valence-electron chi connectivity index (χ3n) is 3.01. The van der Waals surface area contributed by atoms with E-state index in [1.807, 2.05) is 6.92 Å². The predicted octanol–water partition coefficient (Wildman–Crippen LogP) is 0.402. The number of carboxylic acid groups (broad SMARTS) is 1. The monoisotopic (exact) mass is 276 g/mol. The molecule has 0 radical (unpaired) electrons. The van der Waals surface area contributed by atoms with Crippen LogP contribution in [0, 0.1) is 0 Å². The summed E-state index contributed by atoms with van der Waals surface area (Å²) in [6, 6.07) is -1.15. The maximum Gasteiger partial charge on any atom is 0.326 e. The Morgan fingerprint density at radius 1 is 1.56 bits per heavy atom. The average Bonchev–Trinajstić information content (AvgIpc) is 2.75. The zero-order valence-electron chi connectivity index (χ0n) is 10.7. The van der Waals surface area contributed by atoms with Gasteiger partial charge in [0.2, 0.25) is 0 Å². The summed E-state index contributed by atoms with van der Waals surface area (Å²) in [5.41, 5.74) is 0. The molecule has 18 heavy (non-hydrogen) atoms. The van der Waals surface area contributed by atoms with E-state index in [1.54, 1.807) is 6.26 Å². The highest BCUT2D eigenvalue weighted by Crippen LogP contribution is 2.17.